The first kappa shape index (κ1) is 14.4. The first-order valence-electron chi connectivity index (χ1n) is 5.96. The molecule has 0 fully saturated rings. The molecule has 2 rings (SSSR count). The maximum absolute atomic E-state index is 12.8. The standard InChI is InChI=1S/C13H12FN5O2/c14-11-7-9(1-4-17-11)16-5-2-12(15)18-13(20)8-10-3-6-21-19-10/h1-7H,8H2,(H,16,17)(H2,15,18,20)/b5-2-. The number of anilines is 1. The van der Waals surface area contributed by atoms with Gasteiger partial charge in [0.2, 0.25) is 11.9 Å². The van der Waals surface area contributed by atoms with Gasteiger partial charge in [0.05, 0.1) is 12.1 Å². The van der Waals surface area contributed by atoms with Crippen molar-refractivity contribution in [3.05, 3.63) is 54.6 Å². The smallest absolute Gasteiger partial charge is 0.231 e. The molecule has 0 spiro atoms. The molecular formula is C13H12FN5O2. The Labute approximate surface area is 119 Å². The summed E-state index contributed by atoms with van der Waals surface area (Å²) in [4.78, 5) is 15.0. The van der Waals surface area contributed by atoms with Crippen LogP contribution in [0.25, 0.3) is 0 Å². The van der Waals surface area contributed by atoms with Crippen LogP contribution in [0, 0.1) is 11.4 Å². The number of nitrogens with zero attached hydrogens (tertiary/aromatic N) is 2. The summed E-state index contributed by atoms with van der Waals surface area (Å²) in [5.41, 5.74) is 0.968. The minimum absolute atomic E-state index is 0.0235. The Bertz CT molecular complexity index is 654. The van der Waals surface area contributed by atoms with Gasteiger partial charge >= 0.3 is 0 Å². The van der Waals surface area contributed by atoms with Crippen molar-refractivity contribution in [3.63, 3.8) is 0 Å². The number of carbonyl (C=O) groups excluding carboxylic acids is 1. The first-order valence-corrected chi connectivity index (χ1v) is 5.96. The summed E-state index contributed by atoms with van der Waals surface area (Å²) >= 11 is 0. The zero-order chi connectivity index (χ0) is 15.1. The Kier molecular flexibility index (Phi) is 4.75. The zero-order valence-electron chi connectivity index (χ0n) is 10.8. The molecule has 0 aliphatic rings. The van der Waals surface area contributed by atoms with E-state index >= 15 is 0 Å². The second kappa shape index (κ2) is 6.94. The summed E-state index contributed by atoms with van der Waals surface area (Å²) in [7, 11) is 0. The predicted molar refractivity (Wildman–Crippen MR) is 73.0 cm³/mol. The molecule has 2 aromatic rings. The highest BCUT2D eigenvalue weighted by Crippen LogP contribution is 2.06. The fourth-order valence-electron chi connectivity index (χ4n) is 1.44. The molecule has 2 aromatic heterocycles. The van der Waals surface area contributed by atoms with E-state index in [0.29, 0.717) is 11.4 Å². The molecule has 0 aliphatic carbocycles. The van der Waals surface area contributed by atoms with Gasteiger partial charge in [-0.05, 0) is 12.1 Å². The molecule has 0 saturated carbocycles. The Morgan fingerprint density at radius 2 is 2.33 bits per heavy atom. The van der Waals surface area contributed by atoms with Gasteiger partial charge in [-0.25, -0.2) is 4.98 Å². The number of rotatable bonds is 5. The summed E-state index contributed by atoms with van der Waals surface area (Å²) in [5, 5.41) is 16.3. The van der Waals surface area contributed by atoms with Gasteiger partial charge in [-0.15, -0.1) is 0 Å². The van der Waals surface area contributed by atoms with Crippen LogP contribution in [0.2, 0.25) is 0 Å². The molecule has 2 heterocycles. The summed E-state index contributed by atoms with van der Waals surface area (Å²) in [5.74, 6) is -1.09. The summed E-state index contributed by atoms with van der Waals surface area (Å²) in [6.45, 7) is 0. The minimum atomic E-state index is -0.607. The number of nitrogens with one attached hydrogen (secondary N) is 3. The highest BCUT2D eigenvalue weighted by molar-refractivity contribution is 6.03. The molecule has 108 valence electrons. The molecule has 0 saturated heterocycles. The number of aromatic nitrogens is 2. The van der Waals surface area contributed by atoms with Crippen LogP contribution in [0.15, 0.2) is 47.5 Å². The highest BCUT2D eigenvalue weighted by atomic mass is 19.1. The van der Waals surface area contributed by atoms with E-state index < -0.39 is 5.95 Å². The number of carbonyl (C=O) groups is 1. The van der Waals surface area contributed by atoms with E-state index in [2.05, 4.69) is 25.3 Å². The zero-order valence-corrected chi connectivity index (χ0v) is 10.8. The van der Waals surface area contributed by atoms with E-state index in [9.17, 15) is 9.18 Å². The number of pyridine rings is 1. The van der Waals surface area contributed by atoms with Crippen LogP contribution < -0.4 is 10.6 Å². The van der Waals surface area contributed by atoms with Gasteiger partial charge in [-0.1, -0.05) is 5.16 Å². The second-order valence-electron chi connectivity index (χ2n) is 3.97. The lowest BCUT2D eigenvalue weighted by Crippen LogP contribution is -2.29. The molecule has 0 unspecified atom stereocenters. The molecule has 0 radical (unpaired) electrons. The van der Waals surface area contributed by atoms with E-state index in [1.807, 2.05) is 0 Å². The molecule has 0 aromatic carbocycles. The van der Waals surface area contributed by atoms with Crippen molar-refractivity contribution in [3.8, 4) is 0 Å². The van der Waals surface area contributed by atoms with Gasteiger partial charge < -0.3 is 15.2 Å². The van der Waals surface area contributed by atoms with E-state index in [1.165, 1.54) is 30.8 Å². The highest BCUT2D eigenvalue weighted by Gasteiger charge is 2.06. The third-order valence-corrected chi connectivity index (χ3v) is 2.33. The average molecular weight is 289 g/mol. The van der Waals surface area contributed by atoms with Crippen LogP contribution in [0.1, 0.15) is 5.69 Å². The third-order valence-electron chi connectivity index (χ3n) is 2.33. The van der Waals surface area contributed by atoms with Crippen LogP contribution in [-0.4, -0.2) is 21.9 Å². The van der Waals surface area contributed by atoms with E-state index in [0.717, 1.165) is 0 Å². The molecule has 7 nitrogen and oxygen atoms in total. The van der Waals surface area contributed by atoms with Crippen molar-refractivity contribution in [2.24, 2.45) is 0 Å². The van der Waals surface area contributed by atoms with Gasteiger partial charge in [0, 0.05) is 30.2 Å². The molecule has 21 heavy (non-hydrogen) atoms. The third kappa shape index (κ3) is 4.86. The molecule has 0 aliphatic heterocycles. The van der Waals surface area contributed by atoms with Gasteiger partial charge in [-0.2, -0.15) is 4.39 Å². The lowest BCUT2D eigenvalue weighted by molar-refractivity contribution is -0.119. The Morgan fingerprint density at radius 3 is 3.05 bits per heavy atom. The Balaban J connectivity index is 1.78. The van der Waals surface area contributed by atoms with Crippen molar-refractivity contribution < 1.29 is 13.7 Å². The maximum Gasteiger partial charge on any atom is 0.231 e. The average Bonchev–Trinajstić information content (AvgIpc) is 2.91. The number of amidine groups is 1. The summed E-state index contributed by atoms with van der Waals surface area (Å²) in [6.07, 6.45) is 5.45. The fourth-order valence-corrected chi connectivity index (χ4v) is 1.44. The number of hydrogen-bond acceptors (Lipinski definition) is 6. The number of halogens is 1. The fraction of sp³-hybridized carbons (Fsp3) is 0.0769. The van der Waals surface area contributed by atoms with Gasteiger partial charge in [-0.3, -0.25) is 10.2 Å². The second-order valence-corrected chi connectivity index (χ2v) is 3.97. The minimum Gasteiger partial charge on any atom is -0.364 e. The maximum atomic E-state index is 12.8. The normalized spacial score (nSPS) is 10.5. The van der Waals surface area contributed by atoms with Crippen molar-refractivity contribution in [1.29, 1.82) is 5.41 Å². The molecule has 0 atom stereocenters. The monoisotopic (exact) mass is 289 g/mol. The summed E-state index contributed by atoms with van der Waals surface area (Å²) < 4.78 is 17.4. The quantitative estimate of drug-likeness (QED) is 0.439. The van der Waals surface area contributed by atoms with Crippen molar-refractivity contribution in [2.75, 3.05) is 5.32 Å². The summed E-state index contributed by atoms with van der Waals surface area (Å²) in [6, 6.07) is 4.34. The van der Waals surface area contributed by atoms with Gasteiger partial charge in [0.1, 0.15) is 12.1 Å². The Morgan fingerprint density at radius 1 is 1.48 bits per heavy atom. The lowest BCUT2D eigenvalue weighted by atomic mass is 10.3. The van der Waals surface area contributed by atoms with Crippen LogP contribution in [0.3, 0.4) is 0 Å². The van der Waals surface area contributed by atoms with Gasteiger partial charge in [0.25, 0.3) is 0 Å². The molecular weight excluding hydrogens is 277 g/mol. The Hall–Kier alpha value is -3.03. The molecule has 8 heteroatoms. The van der Waals surface area contributed by atoms with Crippen LogP contribution in [0.5, 0.6) is 0 Å². The molecule has 0 bridgehead atoms. The number of amides is 1. The predicted octanol–water partition coefficient (Wildman–Crippen LogP) is 1.47. The molecule has 1 amide bonds. The van der Waals surface area contributed by atoms with E-state index in [-0.39, 0.29) is 18.2 Å². The largest absolute Gasteiger partial charge is 0.364 e. The number of hydrogen-bond donors (Lipinski definition) is 3. The van der Waals surface area contributed by atoms with Crippen molar-refractivity contribution in [1.82, 2.24) is 15.5 Å². The van der Waals surface area contributed by atoms with Gasteiger partial charge in [0.15, 0.2) is 0 Å². The lowest BCUT2D eigenvalue weighted by Gasteiger charge is -2.02. The van der Waals surface area contributed by atoms with Crippen LogP contribution >= 0.6 is 0 Å². The topological polar surface area (TPSA) is 104 Å². The first-order chi connectivity index (χ1) is 10.1. The SMILES string of the molecule is N=C(/C=C\Nc1ccnc(F)c1)NC(=O)Cc1ccon1. The molecule has 3 N–H and O–H groups in total. The van der Waals surface area contributed by atoms with E-state index in [4.69, 9.17) is 5.41 Å². The van der Waals surface area contributed by atoms with Crippen molar-refractivity contribution in [2.45, 2.75) is 6.42 Å². The van der Waals surface area contributed by atoms with E-state index in [1.54, 1.807) is 12.1 Å². The van der Waals surface area contributed by atoms with Crippen LogP contribution in [0.4, 0.5) is 10.1 Å². The van der Waals surface area contributed by atoms with Crippen LogP contribution in [-0.2, 0) is 11.2 Å². The van der Waals surface area contributed by atoms with Crippen molar-refractivity contribution >= 4 is 17.4 Å².